The van der Waals surface area contributed by atoms with Gasteiger partial charge in [0.05, 0.1) is 22.9 Å². The lowest BCUT2D eigenvalue weighted by Crippen LogP contribution is -2.21. The number of rotatable bonds is 2. The van der Waals surface area contributed by atoms with E-state index in [-0.39, 0.29) is 11.7 Å². The van der Waals surface area contributed by atoms with E-state index < -0.39 is 12.1 Å². The number of carboxylic acid groups (broad SMARTS) is 1. The molecule has 1 amide bonds. The average Bonchev–Trinajstić information content (AvgIpc) is 3.07. The highest BCUT2D eigenvalue weighted by Gasteiger charge is 2.38. The number of benzene rings is 2. The van der Waals surface area contributed by atoms with Crippen molar-refractivity contribution in [2.45, 2.75) is 6.18 Å². The van der Waals surface area contributed by atoms with Crippen molar-refractivity contribution in [3.8, 4) is 0 Å². The summed E-state index contributed by atoms with van der Waals surface area (Å²) in [5.74, 6) is -3.48. The molecule has 31 heavy (non-hydrogen) atoms. The van der Waals surface area contributed by atoms with Gasteiger partial charge in [0.15, 0.2) is 0 Å². The molecule has 2 aromatic carbocycles. The Morgan fingerprint density at radius 2 is 1.71 bits per heavy atom. The molecule has 0 bridgehead atoms. The largest absolute Gasteiger partial charge is 0.490 e. The van der Waals surface area contributed by atoms with Crippen LogP contribution in [0.4, 0.5) is 23.2 Å². The molecular formula is C20H12ClF4N3O3. The number of hydrogen-bond acceptors (Lipinski definition) is 3. The summed E-state index contributed by atoms with van der Waals surface area (Å²) in [5, 5.41) is 12.3. The molecule has 11 heteroatoms. The number of halogens is 5. The Hall–Kier alpha value is -3.66. The van der Waals surface area contributed by atoms with E-state index >= 15 is 0 Å². The summed E-state index contributed by atoms with van der Waals surface area (Å²) in [7, 11) is 0. The fourth-order valence-corrected chi connectivity index (χ4v) is 2.93. The number of nitrogens with zero attached hydrogens (tertiary/aromatic N) is 1. The first-order valence-electron chi connectivity index (χ1n) is 8.48. The number of H-pyrrole nitrogens is 1. The van der Waals surface area contributed by atoms with Crippen molar-refractivity contribution in [2.75, 3.05) is 5.32 Å². The lowest BCUT2D eigenvalue weighted by atomic mass is 10.1. The predicted molar refractivity (Wildman–Crippen MR) is 107 cm³/mol. The number of carbonyl (C=O) groups excluding carboxylic acids is 1. The number of pyridine rings is 1. The molecule has 0 spiro atoms. The van der Waals surface area contributed by atoms with Crippen molar-refractivity contribution in [1.29, 1.82) is 0 Å². The van der Waals surface area contributed by atoms with Crippen LogP contribution in [0.1, 0.15) is 10.4 Å². The summed E-state index contributed by atoms with van der Waals surface area (Å²) < 4.78 is 44.7. The van der Waals surface area contributed by atoms with Crippen LogP contribution in [0.3, 0.4) is 0 Å². The smallest absolute Gasteiger partial charge is 0.475 e. The molecule has 0 aliphatic carbocycles. The fourth-order valence-electron chi connectivity index (χ4n) is 2.71. The lowest BCUT2D eigenvalue weighted by molar-refractivity contribution is -0.192. The van der Waals surface area contributed by atoms with Gasteiger partial charge in [0.1, 0.15) is 5.82 Å². The topological polar surface area (TPSA) is 95.1 Å². The molecule has 160 valence electrons. The van der Waals surface area contributed by atoms with E-state index in [0.29, 0.717) is 16.3 Å². The van der Waals surface area contributed by atoms with Gasteiger partial charge >= 0.3 is 12.1 Å². The number of anilines is 1. The number of carbonyl (C=O) groups is 2. The van der Waals surface area contributed by atoms with Crippen LogP contribution in [0.2, 0.25) is 5.02 Å². The van der Waals surface area contributed by atoms with Gasteiger partial charge < -0.3 is 15.4 Å². The lowest BCUT2D eigenvalue weighted by Gasteiger charge is -2.07. The Balaban J connectivity index is 0.000000339. The van der Waals surface area contributed by atoms with Crippen molar-refractivity contribution in [3.05, 3.63) is 71.3 Å². The first-order valence-corrected chi connectivity index (χ1v) is 8.86. The van der Waals surface area contributed by atoms with E-state index in [4.69, 9.17) is 21.5 Å². The molecule has 0 aliphatic rings. The van der Waals surface area contributed by atoms with Crippen molar-refractivity contribution < 1.29 is 32.3 Å². The Kier molecular flexibility index (Phi) is 6.11. The molecule has 0 radical (unpaired) electrons. The monoisotopic (exact) mass is 453 g/mol. The standard InChI is InChI=1S/C18H11ClFN3O.C2HF3O2/c19-11-7-14-13-5-6-21-9-16(13)22-17(14)15(8-11)23-18(24)10-1-3-12(20)4-2-10;3-2(4,5)1(6)7/h1-9,22H,(H,23,24);(H,6,7). The summed E-state index contributed by atoms with van der Waals surface area (Å²) in [6.07, 6.45) is -1.66. The van der Waals surface area contributed by atoms with Crippen LogP contribution in [-0.4, -0.2) is 33.1 Å². The quantitative estimate of drug-likeness (QED) is 0.354. The summed E-state index contributed by atoms with van der Waals surface area (Å²) in [4.78, 5) is 28.6. The Morgan fingerprint density at radius 1 is 1.06 bits per heavy atom. The zero-order valence-corrected chi connectivity index (χ0v) is 16.1. The SMILES string of the molecule is O=C(Nc1cc(Cl)cc2c1[nH]c1cnccc12)c1ccc(F)cc1.O=C(O)C(F)(F)F. The number of alkyl halides is 3. The highest BCUT2D eigenvalue weighted by molar-refractivity contribution is 6.33. The van der Waals surface area contributed by atoms with Gasteiger partial charge in [-0.3, -0.25) is 9.78 Å². The summed E-state index contributed by atoms with van der Waals surface area (Å²) in [6.45, 7) is 0. The number of hydrogen-bond donors (Lipinski definition) is 3. The van der Waals surface area contributed by atoms with Crippen LogP contribution in [0.25, 0.3) is 21.8 Å². The van der Waals surface area contributed by atoms with Gasteiger partial charge in [-0.05, 0) is 42.5 Å². The normalized spacial score (nSPS) is 11.1. The first-order chi connectivity index (χ1) is 14.6. The van der Waals surface area contributed by atoms with Crippen LogP contribution in [0.15, 0.2) is 54.9 Å². The number of nitrogens with one attached hydrogen (secondary N) is 2. The van der Waals surface area contributed by atoms with Crippen molar-refractivity contribution in [3.63, 3.8) is 0 Å². The molecule has 4 rings (SSSR count). The molecule has 0 aliphatic heterocycles. The van der Waals surface area contributed by atoms with E-state index in [1.165, 1.54) is 24.3 Å². The molecule has 0 fully saturated rings. The summed E-state index contributed by atoms with van der Waals surface area (Å²) in [6, 6.07) is 10.8. The van der Waals surface area contributed by atoms with Crippen LogP contribution in [-0.2, 0) is 4.79 Å². The number of aliphatic carboxylic acids is 1. The maximum Gasteiger partial charge on any atom is 0.490 e. The second-order valence-corrected chi connectivity index (χ2v) is 6.62. The third-order valence-electron chi connectivity index (χ3n) is 4.07. The molecule has 0 atom stereocenters. The molecule has 2 aromatic heterocycles. The number of aromatic nitrogens is 2. The van der Waals surface area contributed by atoms with E-state index in [9.17, 15) is 22.4 Å². The van der Waals surface area contributed by atoms with Gasteiger partial charge in [-0.15, -0.1) is 0 Å². The second kappa shape index (κ2) is 8.60. The summed E-state index contributed by atoms with van der Waals surface area (Å²) in [5.41, 5.74) is 2.54. The molecular weight excluding hydrogens is 442 g/mol. The Labute approximate surface area is 176 Å². The van der Waals surface area contributed by atoms with Gasteiger partial charge in [0.25, 0.3) is 5.91 Å². The van der Waals surface area contributed by atoms with Gasteiger partial charge in [-0.25, -0.2) is 9.18 Å². The van der Waals surface area contributed by atoms with Gasteiger partial charge in [-0.2, -0.15) is 13.2 Å². The summed E-state index contributed by atoms with van der Waals surface area (Å²) >= 11 is 6.20. The molecule has 3 N–H and O–H groups in total. The van der Waals surface area contributed by atoms with Gasteiger partial charge in [-0.1, -0.05) is 11.6 Å². The van der Waals surface area contributed by atoms with E-state index in [2.05, 4.69) is 15.3 Å². The Bertz CT molecular complexity index is 1270. The number of aromatic amines is 1. The van der Waals surface area contributed by atoms with Crippen LogP contribution >= 0.6 is 11.6 Å². The van der Waals surface area contributed by atoms with Gasteiger partial charge in [0.2, 0.25) is 0 Å². The zero-order chi connectivity index (χ0) is 22.8. The molecule has 0 saturated heterocycles. The maximum atomic E-state index is 13.0. The third-order valence-corrected chi connectivity index (χ3v) is 4.29. The zero-order valence-electron chi connectivity index (χ0n) is 15.3. The van der Waals surface area contributed by atoms with Crippen molar-refractivity contribution in [2.24, 2.45) is 0 Å². The van der Waals surface area contributed by atoms with E-state index in [0.717, 1.165) is 21.8 Å². The van der Waals surface area contributed by atoms with Gasteiger partial charge in [0, 0.05) is 27.6 Å². The van der Waals surface area contributed by atoms with Crippen molar-refractivity contribution in [1.82, 2.24) is 9.97 Å². The predicted octanol–water partition coefficient (Wildman–Crippen LogP) is 5.39. The minimum atomic E-state index is -5.08. The highest BCUT2D eigenvalue weighted by atomic mass is 35.5. The number of fused-ring (bicyclic) bond motifs is 3. The number of carboxylic acids is 1. The van der Waals surface area contributed by atoms with E-state index in [1.54, 1.807) is 18.5 Å². The first kappa shape index (κ1) is 22.0. The van der Waals surface area contributed by atoms with Crippen LogP contribution < -0.4 is 5.32 Å². The molecule has 0 saturated carbocycles. The van der Waals surface area contributed by atoms with Crippen LogP contribution in [0, 0.1) is 5.82 Å². The average molecular weight is 454 g/mol. The second-order valence-electron chi connectivity index (χ2n) is 6.19. The Morgan fingerprint density at radius 3 is 2.32 bits per heavy atom. The minimum absolute atomic E-state index is 0.338. The van der Waals surface area contributed by atoms with Crippen LogP contribution in [0.5, 0.6) is 0 Å². The van der Waals surface area contributed by atoms with E-state index in [1.807, 2.05) is 12.1 Å². The fraction of sp³-hybridized carbons (Fsp3) is 0.0500. The molecule has 2 heterocycles. The molecule has 0 unspecified atom stereocenters. The molecule has 6 nitrogen and oxygen atoms in total. The van der Waals surface area contributed by atoms with Crippen molar-refractivity contribution >= 4 is 51.0 Å². The number of amides is 1. The minimum Gasteiger partial charge on any atom is -0.475 e. The maximum absolute atomic E-state index is 13.0. The third kappa shape index (κ3) is 5.10. The highest BCUT2D eigenvalue weighted by Crippen LogP contribution is 2.33. The molecule has 4 aromatic rings.